The summed E-state index contributed by atoms with van der Waals surface area (Å²) in [4.78, 5) is 13.5. The molecule has 2 heterocycles. The second-order valence-corrected chi connectivity index (χ2v) is 8.36. The number of hydrogen-bond donors (Lipinski definition) is 1. The summed E-state index contributed by atoms with van der Waals surface area (Å²) in [6, 6.07) is 8.22. The zero-order valence-electron chi connectivity index (χ0n) is 15.9. The highest BCUT2D eigenvalue weighted by atomic mass is 32.2. The van der Waals surface area contributed by atoms with Crippen LogP contribution in [0.15, 0.2) is 45.2 Å². The Kier molecular flexibility index (Phi) is 7.65. The molecule has 146 valence electrons. The van der Waals surface area contributed by atoms with Crippen LogP contribution in [-0.2, 0) is 0 Å². The lowest BCUT2D eigenvalue weighted by Gasteiger charge is -2.38. The number of anilines is 1. The third-order valence-electron chi connectivity index (χ3n) is 4.46. The van der Waals surface area contributed by atoms with Crippen molar-refractivity contribution in [1.29, 1.82) is 0 Å². The van der Waals surface area contributed by atoms with E-state index in [1.807, 2.05) is 42.5 Å². The van der Waals surface area contributed by atoms with Gasteiger partial charge in [0.05, 0.1) is 12.8 Å². The Morgan fingerprint density at radius 1 is 1.30 bits per heavy atom. The number of aromatic nitrogens is 1. The molecule has 6 nitrogen and oxygen atoms in total. The molecule has 1 aromatic carbocycles. The number of nitrogens with one attached hydrogen (secondary N) is 1. The molecular formula is C19H27N5OS2. The van der Waals surface area contributed by atoms with Gasteiger partial charge in [0.15, 0.2) is 5.96 Å². The van der Waals surface area contributed by atoms with Crippen LogP contribution in [0.4, 0.5) is 5.69 Å². The van der Waals surface area contributed by atoms with Gasteiger partial charge in [-0.25, -0.2) is 4.98 Å². The molecule has 27 heavy (non-hydrogen) atoms. The van der Waals surface area contributed by atoms with Gasteiger partial charge in [0.2, 0.25) is 0 Å². The fraction of sp³-hybridized carbons (Fsp3) is 0.474. The highest BCUT2D eigenvalue weighted by molar-refractivity contribution is 8.00. The zero-order chi connectivity index (χ0) is 18.9. The van der Waals surface area contributed by atoms with Gasteiger partial charge >= 0.3 is 0 Å². The average Bonchev–Trinajstić information content (AvgIpc) is 3.24. The van der Waals surface area contributed by atoms with Gasteiger partial charge in [0.25, 0.3) is 0 Å². The minimum Gasteiger partial charge on any atom is -0.495 e. The summed E-state index contributed by atoms with van der Waals surface area (Å²) in [5.41, 5.74) is 1.17. The number of nitrogens with zero attached hydrogens (tertiary/aromatic N) is 4. The molecular weight excluding hydrogens is 378 g/mol. The van der Waals surface area contributed by atoms with Gasteiger partial charge in [-0.05, 0) is 18.6 Å². The number of methoxy groups -OCH3 is 1. The molecule has 1 aromatic heterocycles. The molecule has 0 amide bonds. The first-order chi connectivity index (χ1) is 13.3. The topological polar surface area (TPSA) is 53.0 Å². The zero-order valence-corrected chi connectivity index (χ0v) is 17.6. The van der Waals surface area contributed by atoms with Crippen molar-refractivity contribution in [1.82, 2.24) is 15.2 Å². The maximum atomic E-state index is 5.50. The van der Waals surface area contributed by atoms with Crippen molar-refractivity contribution in [2.75, 3.05) is 57.5 Å². The van der Waals surface area contributed by atoms with Gasteiger partial charge < -0.3 is 19.9 Å². The molecule has 1 aliphatic heterocycles. The van der Waals surface area contributed by atoms with Crippen LogP contribution >= 0.6 is 23.1 Å². The molecule has 1 fully saturated rings. The fourth-order valence-corrected chi connectivity index (χ4v) is 4.74. The van der Waals surface area contributed by atoms with Gasteiger partial charge in [0.1, 0.15) is 10.1 Å². The number of thiazole rings is 1. The number of thioether (sulfide) groups is 1. The van der Waals surface area contributed by atoms with Crippen LogP contribution in [0, 0.1) is 0 Å². The number of aliphatic imine (C=N–C) groups is 1. The molecule has 1 aliphatic rings. The van der Waals surface area contributed by atoms with E-state index >= 15 is 0 Å². The molecule has 8 heteroatoms. The van der Waals surface area contributed by atoms with Gasteiger partial charge in [-0.3, -0.25) is 4.99 Å². The van der Waals surface area contributed by atoms with Gasteiger partial charge in [-0.15, -0.1) is 11.3 Å². The predicted molar refractivity (Wildman–Crippen MR) is 116 cm³/mol. The Morgan fingerprint density at radius 2 is 2.11 bits per heavy atom. The van der Waals surface area contributed by atoms with Crippen molar-refractivity contribution in [3.8, 4) is 5.75 Å². The molecule has 2 aromatic rings. The number of benzene rings is 1. The molecule has 0 radical (unpaired) electrons. The predicted octanol–water partition coefficient (Wildman–Crippen LogP) is 3.03. The Morgan fingerprint density at radius 3 is 2.81 bits per heavy atom. The maximum absolute atomic E-state index is 5.50. The van der Waals surface area contributed by atoms with Crippen molar-refractivity contribution in [2.24, 2.45) is 4.99 Å². The highest BCUT2D eigenvalue weighted by Gasteiger charge is 2.21. The van der Waals surface area contributed by atoms with E-state index in [1.54, 1.807) is 18.4 Å². The number of para-hydroxylation sites is 2. The smallest absolute Gasteiger partial charge is 0.193 e. The van der Waals surface area contributed by atoms with Crippen molar-refractivity contribution in [3.05, 3.63) is 35.8 Å². The van der Waals surface area contributed by atoms with Crippen LogP contribution in [0.2, 0.25) is 0 Å². The molecule has 0 saturated carbocycles. The van der Waals surface area contributed by atoms with Gasteiger partial charge in [-0.2, -0.15) is 0 Å². The molecule has 0 spiro atoms. The summed E-state index contributed by atoms with van der Waals surface area (Å²) in [6.07, 6.45) is 2.95. The minimum absolute atomic E-state index is 0.928. The number of ether oxygens (including phenoxy) is 1. The Labute approximate surface area is 169 Å². The lowest BCUT2D eigenvalue weighted by Crippen LogP contribution is -2.52. The van der Waals surface area contributed by atoms with Crippen molar-refractivity contribution < 1.29 is 4.74 Å². The minimum atomic E-state index is 0.928. The third kappa shape index (κ3) is 5.52. The lowest BCUT2D eigenvalue weighted by molar-refractivity contribution is 0.367. The van der Waals surface area contributed by atoms with Crippen LogP contribution in [0.5, 0.6) is 5.75 Å². The average molecular weight is 406 g/mol. The van der Waals surface area contributed by atoms with E-state index in [9.17, 15) is 0 Å². The SMILES string of the molecule is CN=C(NCCCSc1nccs1)N1CCN(c2ccccc2OC)CC1. The summed E-state index contributed by atoms with van der Waals surface area (Å²) >= 11 is 3.52. The third-order valence-corrected chi connectivity index (χ3v) is 6.51. The van der Waals surface area contributed by atoms with E-state index < -0.39 is 0 Å². The Hall–Kier alpha value is -1.93. The van der Waals surface area contributed by atoms with Crippen molar-refractivity contribution in [3.63, 3.8) is 0 Å². The van der Waals surface area contributed by atoms with Gasteiger partial charge in [-0.1, -0.05) is 23.9 Å². The van der Waals surface area contributed by atoms with Crippen LogP contribution in [0.3, 0.4) is 0 Å². The molecule has 0 bridgehead atoms. The summed E-state index contributed by atoms with van der Waals surface area (Å²) in [5.74, 6) is 3.00. The molecule has 3 rings (SSSR count). The Bertz CT molecular complexity index is 715. The maximum Gasteiger partial charge on any atom is 0.193 e. The summed E-state index contributed by atoms with van der Waals surface area (Å²) in [6.45, 7) is 4.75. The Balaban J connectivity index is 1.42. The highest BCUT2D eigenvalue weighted by Crippen LogP contribution is 2.28. The van der Waals surface area contributed by atoms with E-state index in [0.29, 0.717) is 0 Å². The fourth-order valence-electron chi connectivity index (χ4n) is 3.10. The largest absolute Gasteiger partial charge is 0.495 e. The molecule has 0 unspecified atom stereocenters. The number of rotatable bonds is 7. The van der Waals surface area contributed by atoms with Crippen molar-refractivity contribution in [2.45, 2.75) is 10.8 Å². The van der Waals surface area contributed by atoms with E-state index in [1.165, 1.54) is 5.69 Å². The van der Waals surface area contributed by atoms with Crippen LogP contribution in [-0.4, -0.2) is 68.5 Å². The summed E-state index contributed by atoms with van der Waals surface area (Å²) in [7, 11) is 3.59. The molecule has 1 saturated heterocycles. The number of hydrogen-bond acceptors (Lipinski definition) is 6. The normalized spacial score (nSPS) is 15.1. The lowest BCUT2D eigenvalue weighted by atomic mass is 10.2. The van der Waals surface area contributed by atoms with Crippen LogP contribution in [0.25, 0.3) is 0 Å². The standard InChI is InChI=1S/C19H27N5OS2/c1-20-18(21-8-5-14-26-19-22-9-15-27-19)24-12-10-23(11-13-24)16-6-3-4-7-17(16)25-2/h3-4,6-7,9,15H,5,8,10-14H2,1-2H3,(H,20,21). The summed E-state index contributed by atoms with van der Waals surface area (Å²) in [5, 5.41) is 5.52. The first-order valence-electron chi connectivity index (χ1n) is 9.17. The molecule has 0 aliphatic carbocycles. The second kappa shape index (κ2) is 10.4. The monoisotopic (exact) mass is 405 g/mol. The molecule has 1 N–H and O–H groups in total. The molecule has 0 atom stereocenters. The number of piperazine rings is 1. The van der Waals surface area contributed by atoms with E-state index in [2.05, 4.69) is 37.2 Å². The van der Waals surface area contributed by atoms with E-state index in [0.717, 1.165) is 60.9 Å². The van der Waals surface area contributed by atoms with Crippen molar-refractivity contribution >= 4 is 34.7 Å². The van der Waals surface area contributed by atoms with Crippen LogP contribution in [0.1, 0.15) is 6.42 Å². The van der Waals surface area contributed by atoms with Gasteiger partial charge in [0, 0.05) is 57.1 Å². The number of guanidine groups is 1. The van der Waals surface area contributed by atoms with E-state index in [-0.39, 0.29) is 0 Å². The van der Waals surface area contributed by atoms with Crippen LogP contribution < -0.4 is 15.0 Å². The first-order valence-corrected chi connectivity index (χ1v) is 11.0. The van der Waals surface area contributed by atoms with E-state index in [4.69, 9.17) is 4.74 Å². The second-order valence-electron chi connectivity index (χ2n) is 6.12. The first kappa shape index (κ1) is 19.8. The quantitative estimate of drug-likeness (QED) is 0.331. The summed E-state index contributed by atoms with van der Waals surface area (Å²) < 4.78 is 6.65.